The molecule has 1 aliphatic carbocycles. The fourth-order valence-corrected chi connectivity index (χ4v) is 2.05. The molecular weight excluding hydrogens is 158 g/mol. The third-order valence-corrected chi connectivity index (χ3v) is 2.51. The van der Waals surface area contributed by atoms with Crippen LogP contribution in [0.15, 0.2) is 12.3 Å². The van der Waals surface area contributed by atoms with E-state index in [1.165, 1.54) is 31.4 Å². The van der Waals surface area contributed by atoms with Crippen LogP contribution >= 0.6 is 0 Å². The minimum absolute atomic E-state index is 0.364. The number of nitrogens with one attached hydrogen (secondary N) is 1. The van der Waals surface area contributed by atoms with Gasteiger partial charge in [0.1, 0.15) is 0 Å². The molecule has 1 fully saturated rings. The summed E-state index contributed by atoms with van der Waals surface area (Å²) in [5, 5.41) is 3.54. The van der Waals surface area contributed by atoms with E-state index in [2.05, 4.69) is 32.7 Å². The molecule has 0 bridgehead atoms. The van der Waals surface area contributed by atoms with Gasteiger partial charge in [-0.3, -0.25) is 0 Å². The molecule has 0 amide bonds. The molecule has 0 aromatic carbocycles. The minimum Gasteiger partial charge on any atom is -0.386 e. The Morgan fingerprint density at radius 1 is 1.31 bits per heavy atom. The maximum atomic E-state index is 4.09. The van der Waals surface area contributed by atoms with E-state index < -0.39 is 0 Å². The van der Waals surface area contributed by atoms with E-state index in [1.54, 1.807) is 0 Å². The predicted molar refractivity (Wildman–Crippen MR) is 58.6 cm³/mol. The smallest absolute Gasteiger partial charge is 0.0258 e. The van der Waals surface area contributed by atoms with Crippen molar-refractivity contribution in [2.24, 2.45) is 5.41 Å². The van der Waals surface area contributed by atoms with E-state index in [0.717, 1.165) is 12.5 Å². The molecule has 1 heteroatoms. The SMILES string of the molecule is C=C(CC(C)(C)C)NC1CCCC1. The predicted octanol–water partition coefficient (Wildman–Crippen LogP) is 3.47. The van der Waals surface area contributed by atoms with Crippen molar-refractivity contribution in [2.45, 2.75) is 58.9 Å². The molecule has 76 valence electrons. The third-order valence-electron chi connectivity index (χ3n) is 2.51. The molecule has 0 unspecified atom stereocenters. The summed E-state index contributed by atoms with van der Waals surface area (Å²) >= 11 is 0. The molecule has 0 heterocycles. The van der Waals surface area contributed by atoms with Gasteiger partial charge < -0.3 is 5.32 Å². The molecule has 1 nitrogen and oxygen atoms in total. The molecular formula is C12H23N. The first-order valence-electron chi connectivity index (χ1n) is 5.42. The average Bonchev–Trinajstić information content (AvgIpc) is 2.34. The van der Waals surface area contributed by atoms with Crippen LogP contribution in [0.3, 0.4) is 0 Å². The lowest BCUT2D eigenvalue weighted by atomic mass is 9.90. The van der Waals surface area contributed by atoms with Crippen LogP contribution in [0.2, 0.25) is 0 Å². The molecule has 1 N–H and O–H groups in total. The van der Waals surface area contributed by atoms with Crippen molar-refractivity contribution >= 4 is 0 Å². The summed E-state index contributed by atoms with van der Waals surface area (Å²) in [6.45, 7) is 10.9. The van der Waals surface area contributed by atoms with Gasteiger partial charge in [0.15, 0.2) is 0 Å². The highest BCUT2D eigenvalue weighted by Gasteiger charge is 2.17. The van der Waals surface area contributed by atoms with Gasteiger partial charge >= 0.3 is 0 Å². The fraction of sp³-hybridized carbons (Fsp3) is 0.833. The zero-order chi connectivity index (χ0) is 9.90. The molecule has 1 aliphatic rings. The van der Waals surface area contributed by atoms with E-state index in [1.807, 2.05) is 0 Å². The van der Waals surface area contributed by atoms with Crippen LogP contribution in [0.1, 0.15) is 52.9 Å². The van der Waals surface area contributed by atoms with Crippen molar-refractivity contribution < 1.29 is 0 Å². The van der Waals surface area contributed by atoms with Crippen molar-refractivity contribution in [3.8, 4) is 0 Å². The van der Waals surface area contributed by atoms with Gasteiger partial charge in [-0.2, -0.15) is 0 Å². The van der Waals surface area contributed by atoms with Crippen LogP contribution in [-0.2, 0) is 0 Å². The van der Waals surface area contributed by atoms with Crippen molar-refractivity contribution in [2.75, 3.05) is 0 Å². The van der Waals surface area contributed by atoms with Gasteiger partial charge in [-0.1, -0.05) is 40.2 Å². The monoisotopic (exact) mass is 181 g/mol. The standard InChI is InChI=1S/C12H23N/c1-10(9-12(2,3)4)13-11-7-5-6-8-11/h11,13H,1,5-9H2,2-4H3. The average molecular weight is 181 g/mol. The van der Waals surface area contributed by atoms with E-state index in [4.69, 9.17) is 0 Å². The van der Waals surface area contributed by atoms with Gasteiger partial charge in [0.25, 0.3) is 0 Å². The molecule has 0 atom stereocenters. The van der Waals surface area contributed by atoms with Gasteiger partial charge in [-0.25, -0.2) is 0 Å². The molecule has 13 heavy (non-hydrogen) atoms. The van der Waals surface area contributed by atoms with Crippen molar-refractivity contribution in [1.29, 1.82) is 0 Å². The molecule has 0 spiro atoms. The van der Waals surface area contributed by atoms with Crippen LogP contribution < -0.4 is 5.32 Å². The van der Waals surface area contributed by atoms with Crippen LogP contribution in [0, 0.1) is 5.41 Å². The first kappa shape index (κ1) is 10.6. The van der Waals surface area contributed by atoms with Gasteiger partial charge in [-0.15, -0.1) is 0 Å². The molecule has 0 aliphatic heterocycles. The van der Waals surface area contributed by atoms with E-state index in [9.17, 15) is 0 Å². The molecule has 1 rings (SSSR count). The third kappa shape index (κ3) is 4.35. The summed E-state index contributed by atoms with van der Waals surface area (Å²) < 4.78 is 0. The largest absolute Gasteiger partial charge is 0.386 e. The number of hydrogen-bond acceptors (Lipinski definition) is 1. The summed E-state index contributed by atoms with van der Waals surface area (Å²) in [5.41, 5.74) is 1.59. The molecule has 0 radical (unpaired) electrons. The van der Waals surface area contributed by atoms with Crippen LogP contribution in [0.4, 0.5) is 0 Å². The highest BCUT2D eigenvalue weighted by atomic mass is 14.9. The first-order chi connectivity index (χ1) is 5.97. The number of allylic oxidation sites excluding steroid dienone is 1. The Morgan fingerprint density at radius 3 is 2.31 bits per heavy atom. The Labute approximate surface area is 82.6 Å². The van der Waals surface area contributed by atoms with Crippen molar-refractivity contribution in [3.05, 3.63) is 12.3 Å². The summed E-state index contributed by atoms with van der Waals surface area (Å²) in [5.74, 6) is 0. The summed E-state index contributed by atoms with van der Waals surface area (Å²) in [7, 11) is 0. The first-order valence-corrected chi connectivity index (χ1v) is 5.42. The van der Waals surface area contributed by atoms with Crippen molar-refractivity contribution in [3.63, 3.8) is 0 Å². The highest BCUT2D eigenvalue weighted by molar-refractivity contribution is 4.98. The Bertz CT molecular complexity index is 170. The quantitative estimate of drug-likeness (QED) is 0.703. The second-order valence-corrected chi connectivity index (χ2v) is 5.47. The lowest BCUT2D eigenvalue weighted by Gasteiger charge is -2.23. The molecule has 0 saturated heterocycles. The van der Waals surface area contributed by atoms with Gasteiger partial charge in [0.05, 0.1) is 0 Å². The number of rotatable bonds is 3. The lowest BCUT2D eigenvalue weighted by molar-refractivity contribution is 0.390. The molecule has 0 aromatic rings. The lowest BCUT2D eigenvalue weighted by Crippen LogP contribution is -2.26. The van der Waals surface area contributed by atoms with E-state index in [-0.39, 0.29) is 0 Å². The molecule has 1 saturated carbocycles. The zero-order valence-corrected chi connectivity index (χ0v) is 9.32. The van der Waals surface area contributed by atoms with Crippen molar-refractivity contribution in [1.82, 2.24) is 5.32 Å². The van der Waals surface area contributed by atoms with Crippen LogP contribution in [0.25, 0.3) is 0 Å². The Kier molecular flexibility index (Phi) is 3.40. The second-order valence-electron chi connectivity index (χ2n) is 5.47. The second kappa shape index (κ2) is 4.17. The minimum atomic E-state index is 0.364. The van der Waals surface area contributed by atoms with Crippen LogP contribution in [-0.4, -0.2) is 6.04 Å². The Balaban J connectivity index is 2.24. The molecule has 0 aromatic heterocycles. The maximum Gasteiger partial charge on any atom is 0.0258 e. The number of hydrogen-bond donors (Lipinski definition) is 1. The topological polar surface area (TPSA) is 12.0 Å². The fourth-order valence-electron chi connectivity index (χ4n) is 2.05. The normalized spacial score (nSPS) is 19.0. The van der Waals surface area contributed by atoms with Gasteiger partial charge in [0, 0.05) is 11.7 Å². The van der Waals surface area contributed by atoms with Gasteiger partial charge in [-0.05, 0) is 24.7 Å². The Morgan fingerprint density at radius 2 is 1.85 bits per heavy atom. The summed E-state index contributed by atoms with van der Waals surface area (Å²) in [4.78, 5) is 0. The zero-order valence-electron chi connectivity index (χ0n) is 9.32. The van der Waals surface area contributed by atoms with Gasteiger partial charge in [0.2, 0.25) is 0 Å². The summed E-state index contributed by atoms with van der Waals surface area (Å²) in [6.07, 6.45) is 6.54. The Hall–Kier alpha value is -0.460. The van der Waals surface area contributed by atoms with E-state index in [0.29, 0.717) is 5.41 Å². The van der Waals surface area contributed by atoms with Crippen LogP contribution in [0.5, 0.6) is 0 Å². The van der Waals surface area contributed by atoms with E-state index >= 15 is 0 Å². The summed E-state index contributed by atoms with van der Waals surface area (Å²) in [6, 6.07) is 0.717. The maximum absolute atomic E-state index is 4.09. The highest BCUT2D eigenvalue weighted by Crippen LogP contribution is 2.24.